The second kappa shape index (κ2) is 8.81. The number of esters is 2. The molecule has 0 aromatic heterocycles. The molecule has 8 heteroatoms. The molecule has 0 rings (SSSR count). The minimum atomic E-state index is -1.09. The average Bonchev–Trinajstić information content (AvgIpc) is 2.38. The largest absolute Gasteiger partial charge is 0.466 e. The van der Waals surface area contributed by atoms with Gasteiger partial charge in [0.2, 0.25) is 5.91 Å². The van der Waals surface area contributed by atoms with Crippen LogP contribution in [0.3, 0.4) is 0 Å². The summed E-state index contributed by atoms with van der Waals surface area (Å²) in [5.41, 5.74) is 5.42. The molecule has 19 heavy (non-hydrogen) atoms. The van der Waals surface area contributed by atoms with Crippen LogP contribution in [0.1, 0.15) is 6.92 Å². The molecule has 0 aliphatic carbocycles. The minimum absolute atomic E-state index is 0.179. The maximum absolute atomic E-state index is 11.2. The molecule has 0 unspecified atom stereocenters. The molecule has 0 radical (unpaired) electrons. The van der Waals surface area contributed by atoms with E-state index >= 15 is 0 Å². The van der Waals surface area contributed by atoms with Crippen molar-refractivity contribution in [3.8, 4) is 0 Å². The zero-order chi connectivity index (χ0) is 14.8. The third-order valence-electron chi connectivity index (χ3n) is 1.79. The Labute approximate surface area is 109 Å². The van der Waals surface area contributed by atoms with Gasteiger partial charge >= 0.3 is 11.9 Å². The molecule has 0 aromatic rings. The van der Waals surface area contributed by atoms with Crippen molar-refractivity contribution in [2.75, 3.05) is 20.3 Å². The standard InChI is InChI=1S/C11H16N2O6/c1-7(14)6-19-11(17)8(12)5-13-9(15)3-4-10(16)18-2/h3-4,8H,5-6,12H2,1-2H3,(H,13,15)/b4-3+/t8-/m0/s1. The molecular weight excluding hydrogens is 256 g/mol. The van der Waals surface area contributed by atoms with E-state index in [4.69, 9.17) is 5.73 Å². The quantitative estimate of drug-likeness (QED) is 0.417. The molecule has 0 spiro atoms. The Morgan fingerprint density at radius 2 is 1.89 bits per heavy atom. The Balaban J connectivity index is 4.01. The molecule has 1 atom stereocenters. The van der Waals surface area contributed by atoms with Gasteiger partial charge < -0.3 is 20.5 Å². The summed E-state index contributed by atoms with van der Waals surface area (Å²) in [4.78, 5) is 43.7. The van der Waals surface area contributed by atoms with Gasteiger partial charge in [-0.15, -0.1) is 0 Å². The van der Waals surface area contributed by atoms with Gasteiger partial charge in [0.15, 0.2) is 5.78 Å². The van der Waals surface area contributed by atoms with E-state index in [1.165, 1.54) is 14.0 Å². The summed E-state index contributed by atoms with van der Waals surface area (Å²) in [6, 6.07) is -1.09. The predicted molar refractivity (Wildman–Crippen MR) is 63.8 cm³/mol. The van der Waals surface area contributed by atoms with Crippen LogP contribution in [0.15, 0.2) is 12.2 Å². The molecule has 0 aromatic carbocycles. The van der Waals surface area contributed by atoms with Gasteiger partial charge in [-0.2, -0.15) is 0 Å². The van der Waals surface area contributed by atoms with E-state index in [0.717, 1.165) is 12.2 Å². The third kappa shape index (κ3) is 8.50. The smallest absolute Gasteiger partial charge is 0.330 e. The fourth-order valence-corrected chi connectivity index (χ4v) is 0.844. The van der Waals surface area contributed by atoms with Crippen molar-refractivity contribution >= 4 is 23.6 Å². The zero-order valence-electron chi connectivity index (χ0n) is 10.7. The van der Waals surface area contributed by atoms with Crippen LogP contribution in [-0.4, -0.2) is 49.9 Å². The van der Waals surface area contributed by atoms with Crippen LogP contribution in [0.5, 0.6) is 0 Å². The first-order valence-corrected chi connectivity index (χ1v) is 5.32. The number of methoxy groups -OCH3 is 1. The predicted octanol–water partition coefficient (Wildman–Crippen LogP) is -1.71. The van der Waals surface area contributed by atoms with Gasteiger partial charge in [-0.3, -0.25) is 14.4 Å². The van der Waals surface area contributed by atoms with Gasteiger partial charge in [-0.1, -0.05) is 0 Å². The van der Waals surface area contributed by atoms with Crippen molar-refractivity contribution in [3.63, 3.8) is 0 Å². The van der Waals surface area contributed by atoms with E-state index in [1.807, 2.05) is 0 Å². The number of ketones is 1. The van der Waals surface area contributed by atoms with Gasteiger partial charge in [0.25, 0.3) is 0 Å². The van der Waals surface area contributed by atoms with Crippen LogP contribution in [0.25, 0.3) is 0 Å². The van der Waals surface area contributed by atoms with Crippen LogP contribution in [-0.2, 0) is 28.7 Å². The molecule has 106 valence electrons. The zero-order valence-corrected chi connectivity index (χ0v) is 10.7. The summed E-state index contributed by atoms with van der Waals surface area (Å²) in [5, 5.41) is 2.29. The number of nitrogens with two attached hydrogens (primary N) is 1. The lowest BCUT2D eigenvalue weighted by Gasteiger charge is -2.10. The van der Waals surface area contributed by atoms with E-state index in [1.54, 1.807) is 0 Å². The number of rotatable bonds is 7. The van der Waals surface area contributed by atoms with E-state index in [2.05, 4.69) is 14.8 Å². The molecule has 0 bridgehead atoms. The molecule has 0 aliphatic rings. The number of ether oxygens (including phenoxy) is 2. The summed E-state index contributed by atoms with van der Waals surface area (Å²) in [6.07, 6.45) is 1.87. The van der Waals surface area contributed by atoms with Crippen molar-refractivity contribution in [2.24, 2.45) is 5.73 Å². The Kier molecular flexibility index (Phi) is 7.78. The molecular formula is C11H16N2O6. The second-order valence-electron chi connectivity index (χ2n) is 3.52. The highest BCUT2D eigenvalue weighted by molar-refractivity contribution is 5.94. The SMILES string of the molecule is COC(=O)/C=C/C(=O)NC[C@H](N)C(=O)OCC(C)=O. The van der Waals surface area contributed by atoms with E-state index in [0.29, 0.717) is 0 Å². The van der Waals surface area contributed by atoms with E-state index in [-0.39, 0.29) is 18.9 Å². The highest BCUT2D eigenvalue weighted by atomic mass is 16.5. The summed E-state index contributed by atoms with van der Waals surface area (Å²) in [6.45, 7) is 0.724. The van der Waals surface area contributed by atoms with Crippen LogP contribution < -0.4 is 11.1 Å². The normalized spacial score (nSPS) is 11.7. The number of amides is 1. The number of carbonyl (C=O) groups is 4. The Hall–Kier alpha value is -2.22. The van der Waals surface area contributed by atoms with Gasteiger partial charge in [0.05, 0.1) is 7.11 Å². The Bertz CT molecular complexity index is 391. The van der Waals surface area contributed by atoms with E-state index < -0.39 is 23.9 Å². The van der Waals surface area contributed by atoms with Crippen molar-refractivity contribution in [3.05, 3.63) is 12.2 Å². The van der Waals surface area contributed by atoms with Gasteiger partial charge in [-0.25, -0.2) is 4.79 Å². The number of Topliss-reactive ketones (excluding diaryl/α,β-unsaturated/α-hetero) is 1. The van der Waals surface area contributed by atoms with Gasteiger partial charge in [0.1, 0.15) is 12.6 Å². The second-order valence-corrected chi connectivity index (χ2v) is 3.52. The topological polar surface area (TPSA) is 125 Å². The fourth-order valence-electron chi connectivity index (χ4n) is 0.844. The van der Waals surface area contributed by atoms with Crippen molar-refractivity contribution in [1.82, 2.24) is 5.32 Å². The lowest BCUT2D eigenvalue weighted by molar-refractivity contribution is -0.148. The molecule has 8 nitrogen and oxygen atoms in total. The minimum Gasteiger partial charge on any atom is -0.466 e. The van der Waals surface area contributed by atoms with Crippen LogP contribution in [0, 0.1) is 0 Å². The average molecular weight is 272 g/mol. The first-order valence-electron chi connectivity index (χ1n) is 5.32. The van der Waals surface area contributed by atoms with E-state index in [9.17, 15) is 19.2 Å². The van der Waals surface area contributed by atoms with Crippen molar-refractivity contribution in [2.45, 2.75) is 13.0 Å². The number of hydrogen-bond acceptors (Lipinski definition) is 7. The lowest BCUT2D eigenvalue weighted by atomic mass is 10.3. The number of hydrogen-bond donors (Lipinski definition) is 2. The highest BCUT2D eigenvalue weighted by Crippen LogP contribution is 1.86. The lowest BCUT2D eigenvalue weighted by Crippen LogP contribution is -2.43. The monoisotopic (exact) mass is 272 g/mol. The molecule has 0 heterocycles. The molecule has 0 aliphatic heterocycles. The number of nitrogens with one attached hydrogen (secondary N) is 1. The first kappa shape index (κ1) is 16.8. The van der Waals surface area contributed by atoms with Crippen LogP contribution in [0.4, 0.5) is 0 Å². The van der Waals surface area contributed by atoms with Crippen LogP contribution >= 0.6 is 0 Å². The number of carbonyl (C=O) groups excluding carboxylic acids is 4. The molecule has 3 N–H and O–H groups in total. The Morgan fingerprint density at radius 3 is 2.42 bits per heavy atom. The summed E-state index contributed by atoms with van der Waals surface area (Å²) >= 11 is 0. The van der Waals surface area contributed by atoms with Crippen molar-refractivity contribution in [1.29, 1.82) is 0 Å². The maximum Gasteiger partial charge on any atom is 0.330 e. The summed E-state index contributed by atoms with van der Waals surface area (Å²) in [5.74, 6) is -2.40. The maximum atomic E-state index is 11.2. The van der Waals surface area contributed by atoms with Gasteiger partial charge in [-0.05, 0) is 6.92 Å². The van der Waals surface area contributed by atoms with Crippen molar-refractivity contribution < 1.29 is 28.7 Å². The summed E-state index contributed by atoms with van der Waals surface area (Å²) < 4.78 is 8.84. The molecule has 0 fully saturated rings. The Morgan fingerprint density at radius 1 is 1.26 bits per heavy atom. The fraction of sp³-hybridized carbons (Fsp3) is 0.455. The van der Waals surface area contributed by atoms with Crippen LogP contribution in [0.2, 0.25) is 0 Å². The van der Waals surface area contributed by atoms with Gasteiger partial charge in [0, 0.05) is 18.7 Å². The first-order chi connectivity index (χ1) is 8.86. The molecule has 1 amide bonds. The molecule has 0 saturated heterocycles. The molecule has 0 saturated carbocycles. The summed E-state index contributed by atoms with van der Waals surface area (Å²) in [7, 11) is 1.17. The third-order valence-corrected chi connectivity index (χ3v) is 1.79. The highest BCUT2D eigenvalue weighted by Gasteiger charge is 2.16.